The number of amides is 2. The molecular weight excluding hydrogens is 443 g/mol. The number of ether oxygens (including phenoxy) is 1. The lowest BCUT2D eigenvalue weighted by Crippen LogP contribution is -2.49. The van der Waals surface area contributed by atoms with Crippen molar-refractivity contribution < 1.29 is 32.6 Å². The van der Waals surface area contributed by atoms with Crippen LogP contribution in [-0.4, -0.2) is 52.2 Å². The molecular formula is C22H20F3N3O5. The molecule has 2 aliphatic heterocycles. The summed E-state index contributed by atoms with van der Waals surface area (Å²) >= 11 is 0. The minimum Gasteiger partial charge on any atom is -0.503 e. The first kappa shape index (κ1) is 22.6. The van der Waals surface area contributed by atoms with Crippen molar-refractivity contribution in [1.29, 1.82) is 0 Å². The number of fused-ring (bicyclic) bond motifs is 4. The molecule has 0 saturated heterocycles. The Kier molecular flexibility index (Phi) is 5.75. The Morgan fingerprint density at radius 2 is 1.88 bits per heavy atom. The van der Waals surface area contributed by atoms with Crippen LogP contribution in [0.1, 0.15) is 39.4 Å². The smallest absolute Gasteiger partial charge is 0.275 e. The lowest BCUT2D eigenvalue weighted by molar-refractivity contribution is 0.0435. The Morgan fingerprint density at radius 3 is 2.52 bits per heavy atom. The van der Waals surface area contributed by atoms with E-state index in [4.69, 9.17) is 4.74 Å². The second kappa shape index (κ2) is 8.39. The number of hydrogen-bond acceptors (Lipinski definition) is 5. The fraction of sp³-hybridized carbons (Fsp3) is 0.318. The van der Waals surface area contributed by atoms with Gasteiger partial charge < -0.3 is 24.6 Å². The molecule has 0 aliphatic carbocycles. The maximum Gasteiger partial charge on any atom is 0.275 e. The van der Waals surface area contributed by atoms with Crippen molar-refractivity contribution in [2.75, 3.05) is 13.7 Å². The summed E-state index contributed by atoms with van der Waals surface area (Å²) < 4.78 is 47.6. The van der Waals surface area contributed by atoms with E-state index in [9.17, 15) is 32.7 Å². The number of aromatic hydroxyl groups is 1. The number of benzene rings is 1. The zero-order chi connectivity index (χ0) is 24.0. The maximum absolute atomic E-state index is 13.9. The lowest BCUT2D eigenvalue weighted by atomic mass is 10.0. The molecule has 0 fully saturated rings. The number of pyridine rings is 1. The largest absolute Gasteiger partial charge is 0.503 e. The SMILES string of the molecule is CO[C@@H]1C=C[C@H](C)N2C[C@H]1n1cc(C(=O)NCc3c(F)cc(F)cc3F)c(=O)c(O)c1C2=O. The topological polar surface area (TPSA) is 101 Å². The summed E-state index contributed by atoms with van der Waals surface area (Å²) in [4.78, 5) is 39.9. The number of methoxy groups -OCH3 is 1. The van der Waals surface area contributed by atoms with Crippen molar-refractivity contribution in [3.05, 3.63) is 75.0 Å². The fourth-order valence-electron chi connectivity index (χ4n) is 4.12. The predicted molar refractivity (Wildman–Crippen MR) is 109 cm³/mol. The van der Waals surface area contributed by atoms with E-state index in [-0.39, 0.29) is 18.3 Å². The van der Waals surface area contributed by atoms with Gasteiger partial charge in [-0.3, -0.25) is 14.4 Å². The van der Waals surface area contributed by atoms with Crippen molar-refractivity contribution >= 4 is 11.8 Å². The molecule has 2 amide bonds. The number of hydrogen-bond donors (Lipinski definition) is 2. The van der Waals surface area contributed by atoms with E-state index in [0.29, 0.717) is 12.1 Å². The molecule has 3 heterocycles. The van der Waals surface area contributed by atoms with Gasteiger partial charge in [0, 0.05) is 50.1 Å². The third kappa shape index (κ3) is 3.78. The van der Waals surface area contributed by atoms with Gasteiger partial charge in [-0.25, -0.2) is 13.2 Å². The standard InChI is InChI=1S/C22H20F3N3O5/c1-10-3-4-17(33-2)16-9-27(10)22(32)18-20(30)19(29)13(8-28(16)18)21(31)26-7-12-14(24)5-11(23)6-15(12)25/h3-6,8,10,16-17,30H,7,9H2,1-2H3,(H,26,31)/t10-,16+,17+/m0/s1. The predicted octanol–water partition coefficient (Wildman–Crippen LogP) is 1.87. The van der Waals surface area contributed by atoms with Crippen LogP contribution in [-0.2, 0) is 11.3 Å². The average Bonchev–Trinajstić information content (AvgIpc) is 2.90. The molecule has 3 atom stereocenters. The summed E-state index contributed by atoms with van der Waals surface area (Å²) in [7, 11) is 1.47. The van der Waals surface area contributed by atoms with Crippen LogP contribution in [0.4, 0.5) is 13.2 Å². The molecule has 0 saturated carbocycles. The van der Waals surface area contributed by atoms with E-state index in [2.05, 4.69) is 5.32 Å². The summed E-state index contributed by atoms with van der Waals surface area (Å²) in [5, 5.41) is 12.8. The second-order valence-corrected chi connectivity index (χ2v) is 7.86. The molecule has 2 aromatic rings. The van der Waals surface area contributed by atoms with Crippen molar-refractivity contribution in [2.45, 2.75) is 31.7 Å². The number of carbonyl (C=O) groups is 2. The van der Waals surface area contributed by atoms with Crippen molar-refractivity contribution in [3.8, 4) is 5.75 Å². The maximum atomic E-state index is 13.9. The molecule has 0 unspecified atom stereocenters. The fourth-order valence-corrected chi connectivity index (χ4v) is 4.12. The molecule has 0 radical (unpaired) electrons. The number of nitrogens with zero attached hydrogens (tertiary/aromatic N) is 2. The van der Waals surface area contributed by atoms with Gasteiger partial charge in [-0.05, 0) is 6.92 Å². The zero-order valence-electron chi connectivity index (χ0n) is 17.6. The van der Waals surface area contributed by atoms with Gasteiger partial charge >= 0.3 is 0 Å². The van der Waals surface area contributed by atoms with E-state index in [1.807, 2.05) is 0 Å². The van der Waals surface area contributed by atoms with Gasteiger partial charge in [-0.1, -0.05) is 12.2 Å². The first-order chi connectivity index (χ1) is 15.6. The van der Waals surface area contributed by atoms with E-state index >= 15 is 0 Å². The highest BCUT2D eigenvalue weighted by Gasteiger charge is 2.41. The first-order valence-electron chi connectivity index (χ1n) is 10.1. The number of rotatable bonds is 4. The minimum atomic E-state index is -1.20. The minimum absolute atomic E-state index is 0.202. The van der Waals surface area contributed by atoms with Gasteiger partial charge in [0.1, 0.15) is 23.0 Å². The summed E-state index contributed by atoms with van der Waals surface area (Å²) in [6.07, 6.45) is 4.13. The summed E-state index contributed by atoms with van der Waals surface area (Å²) in [6, 6.07) is 0.0702. The highest BCUT2D eigenvalue weighted by atomic mass is 19.1. The Bertz CT molecular complexity index is 1220. The summed E-state index contributed by atoms with van der Waals surface area (Å²) in [5.74, 6) is -6.05. The quantitative estimate of drug-likeness (QED) is 0.675. The molecule has 2 aliphatic rings. The van der Waals surface area contributed by atoms with Gasteiger partial charge in [-0.2, -0.15) is 0 Å². The third-order valence-corrected chi connectivity index (χ3v) is 5.91. The summed E-state index contributed by atoms with van der Waals surface area (Å²) in [5.41, 5.74) is -2.51. The number of aromatic nitrogens is 1. The van der Waals surface area contributed by atoms with Crippen molar-refractivity contribution in [3.63, 3.8) is 0 Å². The molecule has 0 spiro atoms. The lowest BCUT2D eigenvalue weighted by Gasteiger charge is -2.38. The highest BCUT2D eigenvalue weighted by molar-refractivity contribution is 5.99. The van der Waals surface area contributed by atoms with Crippen molar-refractivity contribution in [2.24, 2.45) is 0 Å². The third-order valence-electron chi connectivity index (χ3n) is 5.91. The number of nitrogens with one attached hydrogen (secondary N) is 1. The van der Waals surface area contributed by atoms with Crippen LogP contribution in [0.3, 0.4) is 0 Å². The molecule has 33 heavy (non-hydrogen) atoms. The first-order valence-corrected chi connectivity index (χ1v) is 10.1. The van der Waals surface area contributed by atoms with Crippen LogP contribution < -0.4 is 10.7 Å². The van der Waals surface area contributed by atoms with Crippen LogP contribution in [0.5, 0.6) is 5.75 Å². The monoisotopic (exact) mass is 463 g/mol. The zero-order valence-corrected chi connectivity index (χ0v) is 17.6. The summed E-state index contributed by atoms with van der Waals surface area (Å²) in [6.45, 7) is 1.31. The van der Waals surface area contributed by atoms with Crippen LogP contribution >= 0.6 is 0 Å². The van der Waals surface area contributed by atoms with E-state index in [0.717, 1.165) is 6.20 Å². The molecule has 1 aromatic heterocycles. The molecule has 2 N–H and O–H groups in total. The number of halogens is 3. The Balaban J connectivity index is 1.72. The molecule has 1 aromatic carbocycles. The van der Waals surface area contributed by atoms with Crippen LogP contribution in [0.15, 0.2) is 35.3 Å². The van der Waals surface area contributed by atoms with E-state index < -0.39 is 70.3 Å². The van der Waals surface area contributed by atoms with Crippen LogP contribution in [0.25, 0.3) is 0 Å². The van der Waals surface area contributed by atoms with Gasteiger partial charge in [0.25, 0.3) is 11.8 Å². The van der Waals surface area contributed by atoms with Crippen molar-refractivity contribution in [1.82, 2.24) is 14.8 Å². The van der Waals surface area contributed by atoms with Gasteiger partial charge in [0.2, 0.25) is 5.43 Å². The Hall–Kier alpha value is -3.60. The average molecular weight is 463 g/mol. The van der Waals surface area contributed by atoms with Gasteiger partial charge in [-0.15, -0.1) is 0 Å². The second-order valence-electron chi connectivity index (χ2n) is 7.86. The van der Waals surface area contributed by atoms with E-state index in [1.54, 1.807) is 19.1 Å². The molecule has 174 valence electrons. The Morgan fingerprint density at radius 1 is 1.21 bits per heavy atom. The Labute approximate surface area is 185 Å². The molecule has 11 heteroatoms. The molecule has 2 bridgehead atoms. The number of carbonyl (C=O) groups excluding carboxylic acids is 2. The van der Waals surface area contributed by atoms with Crippen LogP contribution in [0, 0.1) is 17.5 Å². The normalized spacial score (nSPS) is 21.5. The molecule has 4 rings (SSSR count). The van der Waals surface area contributed by atoms with E-state index in [1.165, 1.54) is 16.6 Å². The highest BCUT2D eigenvalue weighted by Crippen LogP contribution is 2.33. The van der Waals surface area contributed by atoms with Gasteiger partial charge in [0.15, 0.2) is 11.4 Å². The van der Waals surface area contributed by atoms with Crippen LogP contribution in [0.2, 0.25) is 0 Å². The van der Waals surface area contributed by atoms with Gasteiger partial charge in [0.05, 0.1) is 12.1 Å². The molecule has 8 nitrogen and oxygen atoms in total.